The lowest BCUT2D eigenvalue weighted by molar-refractivity contribution is -0.140. The Morgan fingerprint density at radius 2 is 1.63 bits per heavy atom. The highest BCUT2D eigenvalue weighted by Gasteiger charge is 2.30. The molecule has 1 N–H and O–H groups in total. The van der Waals surface area contributed by atoms with Crippen LogP contribution in [-0.2, 0) is 26.2 Å². The molecule has 0 saturated carbocycles. The van der Waals surface area contributed by atoms with Crippen molar-refractivity contribution in [1.29, 1.82) is 0 Å². The minimum absolute atomic E-state index is 0.116. The van der Waals surface area contributed by atoms with E-state index in [-0.39, 0.29) is 23.9 Å². The van der Waals surface area contributed by atoms with Gasteiger partial charge in [-0.05, 0) is 48.7 Å². The summed E-state index contributed by atoms with van der Waals surface area (Å²) in [5.74, 6) is -0.719. The van der Waals surface area contributed by atoms with Gasteiger partial charge in [-0.25, -0.2) is 8.42 Å². The van der Waals surface area contributed by atoms with Crippen molar-refractivity contribution in [2.45, 2.75) is 44.7 Å². The maximum absolute atomic E-state index is 13.4. The summed E-state index contributed by atoms with van der Waals surface area (Å²) in [7, 11) is -2.53. The van der Waals surface area contributed by atoms with Crippen molar-refractivity contribution < 1.29 is 18.0 Å². The lowest BCUT2D eigenvalue weighted by atomic mass is 10.1. The first-order chi connectivity index (χ1) is 16.6. The van der Waals surface area contributed by atoms with E-state index in [0.717, 1.165) is 32.6 Å². The molecule has 2 amide bonds. The van der Waals surface area contributed by atoms with Crippen LogP contribution in [0, 0.1) is 6.92 Å². The highest BCUT2D eigenvalue weighted by molar-refractivity contribution is 7.89. The summed E-state index contributed by atoms with van der Waals surface area (Å²) in [6.07, 6.45) is 0.775. The minimum Gasteiger partial charge on any atom is -0.354 e. The zero-order valence-electron chi connectivity index (χ0n) is 20.7. The van der Waals surface area contributed by atoms with Crippen molar-refractivity contribution in [2.75, 3.05) is 20.1 Å². The smallest absolute Gasteiger partial charge is 0.243 e. The van der Waals surface area contributed by atoms with E-state index in [9.17, 15) is 18.0 Å². The molecule has 1 unspecified atom stereocenters. The van der Waals surface area contributed by atoms with Crippen molar-refractivity contribution in [3.8, 4) is 0 Å². The van der Waals surface area contributed by atoms with Gasteiger partial charge in [-0.3, -0.25) is 9.59 Å². The largest absolute Gasteiger partial charge is 0.354 e. The Hall–Kier alpha value is -3.23. The second kappa shape index (κ2) is 11.5. The first-order valence-corrected chi connectivity index (χ1v) is 13.2. The number of rotatable bonds is 10. The topological polar surface area (TPSA) is 86.8 Å². The van der Waals surface area contributed by atoms with E-state index in [1.54, 1.807) is 25.1 Å². The van der Waals surface area contributed by atoms with Crippen LogP contribution in [0.15, 0.2) is 71.6 Å². The number of fused-ring (bicyclic) bond motifs is 1. The van der Waals surface area contributed by atoms with E-state index in [0.29, 0.717) is 6.54 Å². The molecule has 3 rings (SSSR count). The Labute approximate surface area is 207 Å². The van der Waals surface area contributed by atoms with Gasteiger partial charge in [-0.1, -0.05) is 67.1 Å². The van der Waals surface area contributed by atoms with Crippen molar-refractivity contribution in [3.63, 3.8) is 0 Å². The Morgan fingerprint density at radius 1 is 0.971 bits per heavy atom. The summed E-state index contributed by atoms with van der Waals surface area (Å²) in [6.45, 7) is 5.91. The van der Waals surface area contributed by atoms with Gasteiger partial charge in [0.15, 0.2) is 0 Å². The van der Waals surface area contributed by atoms with Crippen LogP contribution in [0.3, 0.4) is 0 Å². The molecule has 186 valence electrons. The van der Waals surface area contributed by atoms with Gasteiger partial charge in [0, 0.05) is 20.1 Å². The predicted molar refractivity (Wildman–Crippen MR) is 138 cm³/mol. The van der Waals surface area contributed by atoms with Gasteiger partial charge < -0.3 is 10.2 Å². The second-order valence-electron chi connectivity index (χ2n) is 8.74. The SMILES string of the molecule is CCCNC(=O)C(C)N(Cc1ccc(C)cc1)C(=O)CN(C)S(=O)(=O)c1ccc2ccccc2c1. The Kier molecular flexibility index (Phi) is 8.64. The Balaban J connectivity index is 1.83. The molecule has 35 heavy (non-hydrogen) atoms. The van der Waals surface area contributed by atoms with Crippen LogP contribution in [0.1, 0.15) is 31.4 Å². The first kappa shape index (κ1) is 26.4. The minimum atomic E-state index is -3.91. The Bertz CT molecular complexity index is 1290. The molecule has 8 heteroatoms. The molecule has 0 saturated heterocycles. The fourth-order valence-electron chi connectivity index (χ4n) is 3.74. The predicted octanol–water partition coefficient (Wildman–Crippen LogP) is 3.71. The highest BCUT2D eigenvalue weighted by Crippen LogP contribution is 2.22. The van der Waals surface area contributed by atoms with E-state index < -0.39 is 22.0 Å². The van der Waals surface area contributed by atoms with Crippen LogP contribution in [0.2, 0.25) is 0 Å². The lowest BCUT2D eigenvalue weighted by Crippen LogP contribution is -2.50. The number of carbonyl (C=O) groups is 2. The van der Waals surface area contributed by atoms with Crippen LogP contribution in [-0.4, -0.2) is 55.6 Å². The van der Waals surface area contributed by atoms with Crippen LogP contribution < -0.4 is 5.32 Å². The zero-order chi connectivity index (χ0) is 25.6. The van der Waals surface area contributed by atoms with Gasteiger partial charge in [0.2, 0.25) is 21.8 Å². The van der Waals surface area contributed by atoms with Crippen LogP contribution in [0.5, 0.6) is 0 Å². The van der Waals surface area contributed by atoms with Crippen molar-refractivity contribution in [3.05, 3.63) is 77.9 Å². The number of benzene rings is 3. The molecule has 3 aromatic rings. The lowest BCUT2D eigenvalue weighted by Gasteiger charge is -2.30. The highest BCUT2D eigenvalue weighted by atomic mass is 32.2. The molecular formula is C27H33N3O4S. The number of amides is 2. The monoisotopic (exact) mass is 495 g/mol. The number of nitrogens with zero attached hydrogens (tertiary/aromatic N) is 2. The van der Waals surface area contributed by atoms with E-state index in [4.69, 9.17) is 0 Å². The van der Waals surface area contributed by atoms with Gasteiger partial charge in [0.05, 0.1) is 11.4 Å². The van der Waals surface area contributed by atoms with Crippen molar-refractivity contribution >= 4 is 32.6 Å². The fraction of sp³-hybridized carbons (Fsp3) is 0.333. The molecule has 0 aliphatic carbocycles. The van der Waals surface area contributed by atoms with Crippen molar-refractivity contribution in [2.24, 2.45) is 0 Å². The number of hydrogen-bond acceptors (Lipinski definition) is 4. The van der Waals surface area contributed by atoms with Gasteiger partial charge in [0.25, 0.3) is 0 Å². The fourth-order valence-corrected chi connectivity index (χ4v) is 4.90. The van der Waals surface area contributed by atoms with Gasteiger partial charge in [0.1, 0.15) is 6.04 Å². The molecule has 0 bridgehead atoms. The van der Waals surface area contributed by atoms with E-state index in [1.165, 1.54) is 11.9 Å². The van der Waals surface area contributed by atoms with Crippen LogP contribution in [0.4, 0.5) is 0 Å². The molecule has 3 aromatic carbocycles. The third kappa shape index (κ3) is 6.46. The average Bonchev–Trinajstić information content (AvgIpc) is 2.85. The zero-order valence-corrected chi connectivity index (χ0v) is 21.5. The summed E-state index contributed by atoms with van der Waals surface area (Å²) >= 11 is 0. The number of nitrogens with one attached hydrogen (secondary N) is 1. The molecule has 0 aromatic heterocycles. The number of carbonyl (C=O) groups excluding carboxylic acids is 2. The molecule has 0 spiro atoms. The molecule has 0 heterocycles. The van der Waals surface area contributed by atoms with Crippen LogP contribution in [0.25, 0.3) is 10.8 Å². The third-order valence-electron chi connectivity index (χ3n) is 5.98. The maximum Gasteiger partial charge on any atom is 0.243 e. The van der Waals surface area contributed by atoms with E-state index in [1.807, 2.05) is 62.4 Å². The van der Waals surface area contributed by atoms with Crippen LogP contribution >= 0.6 is 0 Å². The summed E-state index contributed by atoms with van der Waals surface area (Å²) in [4.78, 5) is 27.6. The standard InChI is InChI=1S/C27H33N3O4S/c1-5-16-28-27(32)21(3)30(18-22-12-10-20(2)11-13-22)26(31)19-29(4)35(33,34)25-15-14-23-8-6-7-9-24(23)17-25/h6-15,17,21H,5,16,18-19H2,1-4H3,(H,28,32). The first-order valence-electron chi connectivity index (χ1n) is 11.7. The quantitative estimate of drug-likeness (QED) is 0.465. The third-order valence-corrected chi connectivity index (χ3v) is 7.78. The summed E-state index contributed by atoms with van der Waals surface area (Å²) in [5.41, 5.74) is 1.95. The molecule has 0 aliphatic rings. The summed E-state index contributed by atoms with van der Waals surface area (Å²) < 4.78 is 27.5. The molecule has 7 nitrogen and oxygen atoms in total. The normalized spacial score (nSPS) is 12.5. The van der Waals surface area contributed by atoms with E-state index in [2.05, 4.69) is 5.32 Å². The molecule has 0 radical (unpaired) electrons. The number of hydrogen-bond donors (Lipinski definition) is 1. The number of sulfonamides is 1. The Morgan fingerprint density at radius 3 is 2.29 bits per heavy atom. The second-order valence-corrected chi connectivity index (χ2v) is 10.8. The van der Waals surface area contributed by atoms with Gasteiger partial charge in [-0.15, -0.1) is 0 Å². The summed E-state index contributed by atoms with van der Waals surface area (Å²) in [6, 6.07) is 19.3. The maximum atomic E-state index is 13.4. The van der Waals surface area contributed by atoms with Gasteiger partial charge in [-0.2, -0.15) is 4.31 Å². The molecule has 1 atom stereocenters. The van der Waals surface area contributed by atoms with E-state index >= 15 is 0 Å². The van der Waals surface area contributed by atoms with Crippen molar-refractivity contribution in [1.82, 2.24) is 14.5 Å². The average molecular weight is 496 g/mol. The number of aryl methyl sites for hydroxylation is 1. The molecular weight excluding hydrogens is 462 g/mol. The molecule has 0 fully saturated rings. The summed E-state index contributed by atoms with van der Waals surface area (Å²) in [5, 5.41) is 4.56. The number of likely N-dealkylation sites (N-methyl/N-ethyl adjacent to an activating group) is 1. The molecule has 0 aliphatic heterocycles. The van der Waals surface area contributed by atoms with Gasteiger partial charge >= 0.3 is 0 Å².